The number of aliphatic imine (C=N–C) groups is 1. The summed E-state index contributed by atoms with van der Waals surface area (Å²) in [6.45, 7) is 11.9. The van der Waals surface area contributed by atoms with Crippen molar-refractivity contribution in [2.75, 3.05) is 39.9 Å². The number of rotatable bonds is 6. The van der Waals surface area contributed by atoms with Crippen LogP contribution in [0.4, 0.5) is 0 Å². The molecular weight excluding hydrogens is 310 g/mol. The molecule has 0 radical (unpaired) electrons. The molecular formula is C16H29N5OS. The quantitative estimate of drug-likeness (QED) is 0.607. The molecule has 2 heterocycles. The van der Waals surface area contributed by atoms with Gasteiger partial charge >= 0.3 is 0 Å². The first-order valence-electron chi connectivity index (χ1n) is 8.27. The third-order valence-electron chi connectivity index (χ3n) is 4.06. The summed E-state index contributed by atoms with van der Waals surface area (Å²) in [6.07, 6.45) is 1.91. The van der Waals surface area contributed by atoms with Gasteiger partial charge < -0.3 is 15.4 Å². The Balaban J connectivity index is 1.82. The van der Waals surface area contributed by atoms with Gasteiger partial charge in [0, 0.05) is 43.8 Å². The molecule has 1 aromatic heterocycles. The van der Waals surface area contributed by atoms with Gasteiger partial charge in [0.1, 0.15) is 5.01 Å². The summed E-state index contributed by atoms with van der Waals surface area (Å²) in [5.74, 6) is 1.41. The number of guanidine groups is 1. The van der Waals surface area contributed by atoms with E-state index in [1.807, 2.05) is 13.2 Å². The zero-order valence-electron chi connectivity index (χ0n) is 14.6. The lowest BCUT2D eigenvalue weighted by Crippen LogP contribution is -2.52. The Morgan fingerprint density at radius 2 is 2.13 bits per heavy atom. The molecule has 23 heavy (non-hydrogen) atoms. The lowest BCUT2D eigenvalue weighted by molar-refractivity contribution is 0.00752. The zero-order valence-corrected chi connectivity index (χ0v) is 15.4. The molecule has 2 rings (SSSR count). The van der Waals surface area contributed by atoms with Crippen molar-refractivity contribution in [3.05, 3.63) is 16.1 Å². The fraction of sp³-hybridized carbons (Fsp3) is 0.750. The Bertz CT molecular complexity index is 496. The van der Waals surface area contributed by atoms with E-state index in [1.54, 1.807) is 11.3 Å². The molecule has 0 bridgehead atoms. The van der Waals surface area contributed by atoms with Crippen LogP contribution in [-0.4, -0.2) is 61.8 Å². The number of nitrogens with one attached hydrogen (secondary N) is 2. The molecule has 7 heteroatoms. The molecule has 1 unspecified atom stereocenters. The van der Waals surface area contributed by atoms with Gasteiger partial charge in [0.2, 0.25) is 0 Å². The zero-order chi connectivity index (χ0) is 16.7. The number of aromatic nitrogens is 1. The molecule has 0 saturated carbocycles. The highest BCUT2D eigenvalue weighted by Gasteiger charge is 2.23. The normalized spacial score (nSPS) is 18.2. The van der Waals surface area contributed by atoms with Crippen LogP contribution < -0.4 is 10.6 Å². The second kappa shape index (κ2) is 9.20. The van der Waals surface area contributed by atoms with Crippen molar-refractivity contribution in [2.45, 2.75) is 33.4 Å². The van der Waals surface area contributed by atoms with E-state index in [-0.39, 0.29) is 0 Å². The highest BCUT2D eigenvalue weighted by Crippen LogP contribution is 2.12. The fourth-order valence-corrected chi connectivity index (χ4v) is 3.49. The minimum absolute atomic E-state index is 0.486. The summed E-state index contributed by atoms with van der Waals surface area (Å²) >= 11 is 1.71. The number of morpholine rings is 1. The Hall–Kier alpha value is -1.18. The summed E-state index contributed by atoms with van der Waals surface area (Å²) in [7, 11) is 1.81. The fourth-order valence-electron chi connectivity index (χ4n) is 2.76. The van der Waals surface area contributed by atoms with Gasteiger partial charge in [-0.2, -0.15) is 0 Å². The van der Waals surface area contributed by atoms with Gasteiger partial charge in [-0.1, -0.05) is 13.8 Å². The molecule has 0 aliphatic carbocycles. The Kier molecular flexibility index (Phi) is 7.26. The highest BCUT2D eigenvalue weighted by molar-refractivity contribution is 7.11. The summed E-state index contributed by atoms with van der Waals surface area (Å²) in [5.41, 5.74) is 0. The van der Waals surface area contributed by atoms with Gasteiger partial charge in [-0.15, -0.1) is 11.3 Å². The lowest BCUT2D eigenvalue weighted by Gasteiger charge is -2.37. The monoisotopic (exact) mass is 339 g/mol. The van der Waals surface area contributed by atoms with Crippen LogP contribution in [0.25, 0.3) is 0 Å². The van der Waals surface area contributed by atoms with E-state index < -0.39 is 0 Å². The molecule has 1 aromatic rings. The predicted molar refractivity (Wildman–Crippen MR) is 96.1 cm³/mol. The summed E-state index contributed by atoms with van der Waals surface area (Å²) in [5, 5.41) is 7.88. The topological polar surface area (TPSA) is 61.8 Å². The standard InChI is InChI=1S/C16H29N5OS/c1-12(2)14(21-5-7-22-8-6-21)10-19-16(17-4)20-11-15-18-9-13(3)23-15/h9,12,14H,5-8,10-11H2,1-4H3,(H2,17,19,20). The van der Waals surface area contributed by atoms with E-state index in [1.165, 1.54) is 4.88 Å². The van der Waals surface area contributed by atoms with Crippen LogP contribution in [0, 0.1) is 12.8 Å². The van der Waals surface area contributed by atoms with Crippen molar-refractivity contribution in [3.63, 3.8) is 0 Å². The van der Waals surface area contributed by atoms with Crippen LogP contribution in [0.2, 0.25) is 0 Å². The van der Waals surface area contributed by atoms with Gasteiger partial charge in [-0.3, -0.25) is 9.89 Å². The maximum Gasteiger partial charge on any atom is 0.191 e. The Morgan fingerprint density at radius 1 is 1.39 bits per heavy atom. The third-order valence-corrected chi connectivity index (χ3v) is 4.98. The van der Waals surface area contributed by atoms with E-state index in [0.29, 0.717) is 18.5 Å². The number of aryl methyl sites for hydroxylation is 1. The average Bonchev–Trinajstić information content (AvgIpc) is 2.96. The molecule has 2 N–H and O–H groups in total. The van der Waals surface area contributed by atoms with Gasteiger partial charge in [0.05, 0.1) is 19.8 Å². The average molecular weight is 340 g/mol. The number of hydrogen-bond acceptors (Lipinski definition) is 5. The van der Waals surface area contributed by atoms with Crippen LogP contribution in [0.3, 0.4) is 0 Å². The lowest BCUT2D eigenvalue weighted by atomic mass is 10.0. The summed E-state index contributed by atoms with van der Waals surface area (Å²) in [6, 6.07) is 0.486. The molecule has 1 fully saturated rings. The third kappa shape index (κ3) is 5.75. The predicted octanol–water partition coefficient (Wildman–Crippen LogP) is 1.47. The Labute approximate surface area is 143 Å². The first-order chi connectivity index (χ1) is 11.1. The number of ether oxygens (including phenoxy) is 1. The van der Waals surface area contributed by atoms with E-state index in [4.69, 9.17) is 4.74 Å². The van der Waals surface area contributed by atoms with Gasteiger partial charge in [-0.25, -0.2) is 4.98 Å². The highest BCUT2D eigenvalue weighted by atomic mass is 32.1. The van der Waals surface area contributed by atoms with E-state index in [2.05, 4.69) is 46.3 Å². The van der Waals surface area contributed by atoms with Crippen LogP contribution in [-0.2, 0) is 11.3 Å². The first kappa shape index (κ1) is 18.2. The number of thiazole rings is 1. The minimum Gasteiger partial charge on any atom is -0.379 e. The van der Waals surface area contributed by atoms with Crippen molar-refractivity contribution in [2.24, 2.45) is 10.9 Å². The van der Waals surface area contributed by atoms with Gasteiger partial charge in [0.25, 0.3) is 0 Å². The summed E-state index contributed by atoms with van der Waals surface area (Å²) in [4.78, 5) is 12.4. The SMILES string of the molecule is CN=C(NCc1ncc(C)s1)NCC(C(C)C)N1CCOCC1. The van der Waals surface area contributed by atoms with Crippen molar-refractivity contribution in [3.8, 4) is 0 Å². The largest absolute Gasteiger partial charge is 0.379 e. The van der Waals surface area contributed by atoms with E-state index in [0.717, 1.165) is 43.8 Å². The van der Waals surface area contributed by atoms with Crippen molar-refractivity contribution >= 4 is 17.3 Å². The molecule has 1 aliphatic rings. The van der Waals surface area contributed by atoms with Crippen LogP contribution in [0.15, 0.2) is 11.2 Å². The molecule has 6 nitrogen and oxygen atoms in total. The van der Waals surface area contributed by atoms with E-state index >= 15 is 0 Å². The molecule has 0 spiro atoms. The van der Waals surface area contributed by atoms with Crippen molar-refractivity contribution in [1.82, 2.24) is 20.5 Å². The maximum absolute atomic E-state index is 5.46. The van der Waals surface area contributed by atoms with Crippen LogP contribution in [0.5, 0.6) is 0 Å². The van der Waals surface area contributed by atoms with E-state index in [9.17, 15) is 0 Å². The molecule has 130 valence electrons. The molecule has 0 amide bonds. The van der Waals surface area contributed by atoms with Crippen molar-refractivity contribution < 1.29 is 4.74 Å². The number of nitrogens with zero attached hydrogens (tertiary/aromatic N) is 3. The maximum atomic E-state index is 5.46. The van der Waals surface area contributed by atoms with Crippen molar-refractivity contribution in [1.29, 1.82) is 0 Å². The molecule has 1 atom stereocenters. The summed E-state index contributed by atoms with van der Waals surface area (Å²) < 4.78 is 5.46. The second-order valence-electron chi connectivity index (χ2n) is 6.13. The molecule has 0 aromatic carbocycles. The molecule has 1 saturated heterocycles. The molecule has 1 aliphatic heterocycles. The number of hydrogen-bond donors (Lipinski definition) is 2. The van der Waals surface area contributed by atoms with Crippen LogP contribution in [0.1, 0.15) is 23.7 Å². The Morgan fingerprint density at radius 3 is 2.70 bits per heavy atom. The first-order valence-corrected chi connectivity index (χ1v) is 9.09. The van der Waals surface area contributed by atoms with Gasteiger partial charge in [-0.05, 0) is 12.8 Å². The van der Waals surface area contributed by atoms with Crippen LogP contribution >= 0.6 is 11.3 Å². The smallest absolute Gasteiger partial charge is 0.191 e. The second-order valence-corrected chi connectivity index (χ2v) is 7.45. The van der Waals surface area contributed by atoms with Gasteiger partial charge in [0.15, 0.2) is 5.96 Å². The minimum atomic E-state index is 0.486.